The van der Waals surface area contributed by atoms with Crippen molar-refractivity contribution in [3.05, 3.63) is 88.0 Å². The minimum absolute atomic E-state index is 0.0625. The van der Waals surface area contributed by atoms with Crippen LogP contribution in [-0.2, 0) is 17.6 Å². The van der Waals surface area contributed by atoms with Crippen molar-refractivity contribution in [3.8, 4) is 17.1 Å². The Morgan fingerprint density at radius 1 is 0.938 bits per heavy atom. The van der Waals surface area contributed by atoms with Gasteiger partial charge in [0, 0.05) is 28.3 Å². The number of hydrogen-bond acceptors (Lipinski definition) is 4. The second kappa shape index (κ2) is 7.71. The maximum absolute atomic E-state index is 12.9. The Hall–Kier alpha value is -3.80. The van der Waals surface area contributed by atoms with Gasteiger partial charge in [0.2, 0.25) is 5.91 Å². The predicted octanol–water partition coefficient (Wildman–Crippen LogP) is 4.65. The Morgan fingerprint density at radius 3 is 2.44 bits per heavy atom. The van der Waals surface area contributed by atoms with E-state index in [1.54, 1.807) is 4.68 Å². The van der Waals surface area contributed by atoms with E-state index < -0.39 is 0 Å². The molecule has 1 aliphatic rings. The number of amides is 1. The summed E-state index contributed by atoms with van der Waals surface area (Å²) in [7, 11) is 0. The number of nitrogens with zero attached hydrogens (tertiary/aromatic N) is 4. The lowest BCUT2D eigenvalue weighted by Gasteiger charge is -2.09. The molecule has 1 N–H and O–H groups in total. The van der Waals surface area contributed by atoms with E-state index in [2.05, 4.69) is 56.8 Å². The quantitative estimate of drug-likeness (QED) is 0.457. The van der Waals surface area contributed by atoms with Gasteiger partial charge in [-0.2, -0.15) is 5.10 Å². The lowest BCUT2D eigenvalue weighted by atomic mass is 10.1. The molecule has 2 aromatic carbocycles. The van der Waals surface area contributed by atoms with Crippen molar-refractivity contribution in [2.45, 2.75) is 40.5 Å². The normalized spacial score (nSPS) is 11.9. The van der Waals surface area contributed by atoms with Crippen molar-refractivity contribution < 1.29 is 4.79 Å². The van der Waals surface area contributed by atoms with Gasteiger partial charge in [-0.1, -0.05) is 30.3 Å². The average Bonchev–Trinajstić information content (AvgIpc) is 3.25. The molecule has 2 aromatic heterocycles. The molecule has 0 radical (unpaired) electrons. The summed E-state index contributed by atoms with van der Waals surface area (Å²) in [6.07, 6.45) is 1.15. The van der Waals surface area contributed by atoms with Gasteiger partial charge in [-0.25, -0.2) is 14.6 Å². The largest absolute Gasteiger partial charge is 0.326 e. The highest BCUT2D eigenvalue weighted by Crippen LogP contribution is 2.37. The number of fused-ring (bicyclic) bond motifs is 3. The van der Waals surface area contributed by atoms with E-state index in [-0.39, 0.29) is 12.3 Å². The van der Waals surface area contributed by atoms with Gasteiger partial charge >= 0.3 is 0 Å². The van der Waals surface area contributed by atoms with Crippen LogP contribution in [0.5, 0.6) is 0 Å². The lowest BCUT2D eigenvalue weighted by molar-refractivity contribution is -0.115. The number of carbonyl (C=O) groups is 1. The highest BCUT2D eigenvalue weighted by molar-refractivity contribution is 5.93. The Bertz CT molecular complexity index is 1350. The fraction of sp³-hybridized carbons (Fsp3) is 0.231. The van der Waals surface area contributed by atoms with Crippen molar-refractivity contribution in [1.29, 1.82) is 0 Å². The Balaban J connectivity index is 1.35. The van der Waals surface area contributed by atoms with Gasteiger partial charge in [0.25, 0.3) is 5.95 Å². The molecule has 0 spiro atoms. The van der Waals surface area contributed by atoms with E-state index in [9.17, 15) is 4.79 Å². The molecule has 0 atom stereocenters. The van der Waals surface area contributed by atoms with E-state index in [0.29, 0.717) is 5.95 Å². The molecule has 1 amide bonds. The average molecular weight is 424 g/mol. The van der Waals surface area contributed by atoms with Crippen LogP contribution in [0.4, 0.5) is 5.69 Å². The van der Waals surface area contributed by atoms with Crippen LogP contribution >= 0.6 is 0 Å². The van der Waals surface area contributed by atoms with Gasteiger partial charge in [-0.3, -0.25) is 4.79 Å². The van der Waals surface area contributed by atoms with E-state index >= 15 is 0 Å². The molecule has 0 saturated carbocycles. The Labute approximate surface area is 187 Å². The molecule has 160 valence electrons. The van der Waals surface area contributed by atoms with E-state index in [0.717, 1.165) is 40.4 Å². The van der Waals surface area contributed by atoms with Gasteiger partial charge < -0.3 is 5.32 Å². The molecule has 1 aliphatic carbocycles. The third-order valence-electron chi connectivity index (χ3n) is 6.02. The summed E-state index contributed by atoms with van der Waals surface area (Å²) in [6, 6.07) is 16.5. The smallest absolute Gasteiger partial charge is 0.251 e. The van der Waals surface area contributed by atoms with Crippen LogP contribution in [0.3, 0.4) is 0 Å². The lowest BCUT2D eigenvalue weighted by Crippen LogP contribution is -2.15. The van der Waals surface area contributed by atoms with Crippen molar-refractivity contribution in [2.75, 3.05) is 5.32 Å². The molecule has 0 unspecified atom stereocenters. The number of nitrogens with one attached hydrogen (secondary N) is 1. The van der Waals surface area contributed by atoms with Crippen LogP contribution in [0.2, 0.25) is 0 Å². The summed E-state index contributed by atoms with van der Waals surface area (Å²) >= 11 is 0. The summed E-state index contributed by atoms with van der Waals surface area (Å²) in [4.78, 5) is 21.9. The monoisotopic (exact) mass is 423 g/mol. The molecule has 6 nitrogen and oxygen atoms in total. The van der Waals surface area contributed by atoms with Crippen LogP contribution in [0.25, 0.3) is 17.1 Å². The topological polar surface area (TPSA) is 72.7 Å². The zero-order valence-electron chi connectivity index (χ0n) is 18.7. The number of benzene rings is 2. The SMILES string of the molecule is Cc1cc(C)nc(-n2nc(C)c(CC(=O)Nc3ccc4c(c3)Cc3ccccc3-4)c2C)n1. The molecule has 4 aromatic rings. The first-order valence-corrected chi connectivity index (χ1v) is 10.8. The molecular weight excluding hydrogens is 398 g/mol. The number of carbonyl (C=O) groups excluding carboxylic acids is 1. The van der Waals surface area contributed by atoms with E-state index in [1.807, 2.05) is 39.8 Å². The van der Waals surface area contributed by atoms with Gasteiger partial charge in [0.15, 0.2) is 0 Å². The Kier molecular flexibility index (Phi) is 4.85. The summed E-state index contributed by atoms with van der Waals surface area (Å²) in [6.45, 7) is 7.75. The third kappa shape index (κ3) is 3.58. The summed E-state index contributed by atoms with van der Waals surface area (Å²) < 4.78 is 1.73. The van der Waals surface area contributed by atoms with Crippen LogP contribution in [0, 0.1) is 27.7 Å². The number of anilines is 1. The molecule has 0 bridgehead atoms. The van der Waals surface area contributed by atoms with Crippen molar-refractivity contribution in [1.82, 2.24) is 19.7 Å². The number of rotatable bonds is 4. The highest BCUT2D eigenvalue weighted by atomic mass is 16.1. The van der Waals surface area contributed by atoms with Crippen LogP contribution < -0.4 is 5.32 Å². The fourth-order valence-corrected chi connectivity index (χ4v) is 4.52. The predicted molar refractivity (Wildman–Crippen MR) is 125 cm³/mol. The zero-order chi connectivity index (χ0) is 22.4. The second-order valence-corrected chi connectivity index (χ2v) is 8.44. The molecule has 0 aliphatic heterocycles. The minimum Gasteiger partial charge on any atom is -0.326 e. The second-order valence-electron chi connectivity index (χ2n) is 8.44. The van der Waals surface area contributed by atoms with Crippen molar-refractivity contribution in [2.24, 2.45) is 0 Å². The Morgan fingerprint density at radius 2 is 1.66 bits per heavy atom. The minimum atomic E-state index is -0.0625. The summed E-state index contributed by atoms with van der Waals surface area (Å²) in [5.41, 5.74) is 10.3. The maximum Gasteiger partial charge on any atom is 0.251 e. The molecule has 0 saturated heterocycles. The molecule has 6 heteroatoms. The number of aromatic nitrogens is 4. The van der Waals surface area contributed by atoms with Crippen molar-refractivity contribution in [3.63, 3.8) is 0 Å². The standard InChI is InChI=1S/C26H25N5O/c1-15-11-16(2)28-26(27-15)31-18(4)24(17(3)30-31)14-25(32)29-21-9-10-23-20(13-21)12-19-7-5-6-8-22(19)23/h5-11,13H,12,14H2,1-4H3,(H,29,32). The van der Waals surface area contributed by atoms with Gasteiger partial charge in [-0.15, -0.1) is 0 Å². The van der Waals surface area contributed by atoms with Crippen molar-refractivity contribution >= 4 is 11.6 Å². The fourth-order valence-electron chi connectivity index (χ4n) is 4.52. The van der Waals surface area contributed by atoms with Gasteiger partial charge in [0.1, 0.15) is 0 Å². The number of aryl methyl sites for hydroxylation is 3. The molecule has 5 rings (SSSR count). The molecule has 2 heterocycles. The first-order chi connectivity index (χ1) is 15.4. The van der Waals surface area contributed by atoms with Gasteiger partial charge in [0.05, 0.1) is 12.1 Å². The first-order valence-electron chi connectivity index (χ1n) is 10.8. The summed E-state index contributed by atoms with van der Waals surface area (Å²) in [5, 5.41) is 7.67. The first kappa shape index (κ1) is 20.1. The highest BCUT2D eigenvalue weighted by Gasteiger charge is 2.20. The van der Waals surface area contributed by atoms with E-state index in [1.165, 1.54) is 22.3 Å². The maximum atomic E-state index is 12.9. The molecule has 32 heavy (non-hydrogen) atoms. The van der Waals surface area contributed by atoms with E-state index in [4.69, 9.17) is 0 Å². The third-order valence-corrected chi connectivity index (χ3v) is 6.02. The molecule has 0 fully saturated rings. The molecular formula is C26H25N5O. The van der Waals surface area contributed by atoms with Crippen LogP contribution in [-0.4, -0.2) is 25.7 Å². The zero-order valence-corrected chi connectivity index (χ0v) is 18.7. The number of hydrogen-bond donors (Lipinski definition) is 1. The van der Waals surface area contributed by atoms with Crippen LogP contribution in [0.1, 0.15) is 39.5 Å². The van der Waals surface area contributed by atoms with Crippen LogP contribution in [0.15, 0.2) is 48.5 Å². The summed E-state index contributed by atoms with van der Waals surface area (Å²) in [5.74, 6) is 0.473. The van der Waals surface area contributed by atoms with Gasteiger partial charge in [-0.05, 0) is 74.6 Å².